The van der Waals surface area contributed by atoms with Gasteiger partial charge in [0, 0.05) is 30.9 Å². The molecule has 3 heterocycles. The minimum atomic E-state index is -0.104. The van der Waals surface area contributed by atoms with E-state index in [1.165, 1.54) is 6.07 Å². The van der Waals surface area contributed by atoms with Gasteiger partial charge in [-0.2, -0.15) is 0 Å². The predicted octanol–water partition coefficient (Wildman–Crippen LogP) is 1.08. The maximum atomic E-state index is 11.1. The fourth-order valence-electron chi connectivity index (χ4n) is 2.52. The zero-order chi connectivity index (χ0) is 13.2. The van der Waals surface area contributed by atoms with Gasteiger partial charge in [-0.25, -0.2) is 0 Å². The van der Waals surface area contributed by atoms with Crippen LogP contribution in [-0.4, -0.2) is 26.3 Å². The first kappa shape index (κ1) is 12.1. The highest BCUT2D eigenvalue weighted by Gasteiger charge is 2.24. The van der Waals surface area contributed by atoms with E-state index in [0.29, 0.717) is 0 Å². The molecule has 0 aliphatic carbocycles. The molecule has 100 valence electrons. The van der Waals surface area contributed by atoms with Crippen molar-refractivity contribution in [2.24, 2.45) is 0 Å². The first-order valence-electron chi connectivity index (χ1n) is 6.65. The molecule has 0 spiro atoms. The third-order valence-electron chi connectivity index (χ3n) is 3.44. The minimum Gasteiger partial charge on any atom is -0.328 e. The molecule has 0 saturated carbocycles. The molecule has 2 aromatic rings. The summed E-state index contributed by atoms with van der Waals surface area (Å²) in [6.45, 7) is 3.95. The van der Waals surface area contributed by atoms with Gasteiger partial charge in [0.15, 0.2) is 11.6 Å². The van der Waals surface area contributed by atoms with Gasteiger partial charge in [0.05, 0.1) is 6.04 Å². The smallest absolute Gasteiger partial charge is 0.247 e. The molecule has 1 aliphatic rings. The van der Waals surface area contributed by atoms with Crippen LogP contribution < -0.4 is 10.9 Å². The van der Waals surface area contributed by atoms with Crippen LogP contribution in [0.15, 0.2) is 23.1 Å². The maximum Gasteiger partial charge on any atom is 0.247 e. The fraction of sp³-hybridized carbons (Fsp3) is 0.462. The summed E-state index contributed by atoms with van der Waals surface area (Å²) in [5.41, 5.74) is 0.795. The lowest BCUT2D eigenvalue weighted by Gasteiger charge is -2.24. The van der Waals surface area contributed by atoms with E-state index in [0.717, 1.165) is 43.1 Å². The Morgan fingerprint density at radius 2 is 2.32 bits per heavy atom. The predicted molar refractivity (Wildman–Crippen MR) is 71.7 cm³/mol. The number of pyridine rings is 1. The molecule has 3 rings (SSSR count). The summed E-state index contributed by atoms with van der Waals surface area (Å²) in [7, 11) is 0. The van der Waals surface area contributed by atoms with Crippen molar-refractivity contribution in [1.29, 1.82) is 0 Å². The molecule has 6 heteroatoms. The van der Waals surface area contributed by atoms with Crippen molar-refractivity contribution in [1.82, 2.24) is 25.1 Å². The second-order valence-corrected chi connectivity index (χ2v) is 4.77. The fourth-order valence-corrected chi connectivity index (χ4v) is 2.52. The molecule has 1 unspecified atom stereocenters. The van der Waals surface area contributed by atoms with E-state index in [1.807, 2.05) is 0 Å². The van der Waals surface area contributed by atoms with E-state index in [4.69, 9.17) is 0 Å². The summed E-state index contributed by atoms with van der Waals surface area (Å²) < 4.78 is 2.14. The van der Waals surface area contributed by atoms with Crippen LogP contribution in [0.4, 0.5) is 0 Å². The van der Waals surface area contributed by atoms with E-state index < -0.39 is 0 Å². The van der Waals surface area contributed by atoms with Crippen LogP contribution in [0.5, 0.6) is 0 Å². The number of nitrogens with zero attached hydrogens (tertiary/aromatic N) is 3. The average Bonchev–Trinajstić information content (AvgIpc) is 2.85. The molecule has 2 aromatic heterocycles. The Balaban J connectivity index is 2.00. The van der Waals surface area contributed by atoms with Crippen molar-refractivity contribution in [2.45, 2.75) is 32.4 Å². The monoisotopic (exact) mass is 259 g/mol. The Morgan fingerprint density at radius 1 is 1.42 bits per heavy atom. The number of aromatic nitrogens is 4. The van der Waals surface area contributed by atoms with E-state index in [2.05, 4.69) is 32.0 Å². The van der Waals surface area contributed by atoms with Crippen LogP contribution in [0.25, 0.3) is 11.4 Å². The quantitative estimate of drug-likeness (QED) is 0.864. The van der Waals surface area contributed by atoms with Crippen LogP contribution in [0.2, 0.25) is 0 Å². The summed E-state index contributed by atoms with van der Waals surface area (Å²) in [4.78, 5) is 13.8. The van der Waals surface area contributed by atoms with Gasteiger partial charge in [0.1, 0.15) is 0 Å². The maximum absolute atomic E-state index is 11.1. The molecule has 0 aromatic carbocycles. The van der Waals surface area contributed by atoms with Gasteiger partial charge >= 0.3 is 0 Å². The number of hydrogen-bond acceptors (Lipinski definition) is 4. The molecule has 0 saturated heterocycles. The van der Waals surface area contributed by atoms with Crippen LogP contribution >= 0.6 is 0 Å². The Labute approximate surface area is 110 Å². The SMILES string of the molecule is CCCC1NCCn2c(-c3ccc(=O)[nH]c3)nnc21. The van der Waals surface area contributed by atoms with Gasteiger partial charge in [-0.05, 0) is 12.5 Å². The zero-order valence-corrected chi connectivity index (χ0v) is 10.9. The number of aromatic amines is 1. The van der Waals surface area contributed by atoms with Gasteiger partial charge < -0.3 is 14.9 Å². The van der Waals surface area contributed by atoms with Gasteiger partial charge in [-0.1, -0.05) is 13.3 Å². The van der Waals surface area contributed by atoms with Crippen molar-refractivity contribution >= 4 is 0 Å². The average molecular weight is 259 g/mol. The Kier molecular flexibility index (Phi) is 3.16. The van der Waals surface area contributed by atoms with Gasteiger partial charge in [-0.3, -0.25) is 4.79 Å². The molecule has 0 amide bonds. The highest BCUT2D eigenvalue weighted by molar-refractivity contribution is 5.53. The van der Waals surface area contributed by atoms with Crippen molar-refractivity contribution in [2.75, 3.05) is 6.54 Å². The molecule has 0 bridgehead atoms. The first-order chi connectivity index (χ1) is 9.29. The van der Waals surface area contributed by atoms with Crippen LogP contribution in [0.1, 0.15) is 31.6 Å². The second-order valence-electron chi connectivity index (χ2n) is 4.77. The molecule has 6 nitrogen and oxygen atoms in total. The normalized spacial score (nSPS) is 18.3. The first-order valence-corrected chi connectivity index (χ1v) is 6.65. The van der Waals surface area contributed by atoms with E-state index in [-0.39, 0.29) is 11.6 Å². The highest BCUT2D eigenvalue weighted by atomic mass is 16.1. The Hall–Kier alpha value is -1.95. The summed E-state index contributed by atoms with van der Waals surface area (Å²) in [5, 5.41) is 12.1. The highest BCUT2D eigenvalue weighted by Crippen LogP contribution is 2.25. The summed E-state index contributed by atoms with van der Waals surface area (Å²) in [5.74, 6) is 1.82. The van der Waals surface area contributed by atoms with E-state index in [1.54, 1.807) is 12.3 Å². The van der Waals surface area contributed by atoms with E-state index in [9.17, 15) is 4.79 Å². The van der Waals surface area contributed by atoms with Crippen molar-refractivity contribution in [3.63, 3.8) is 0 Å². The molecule has 0 radical (unpaired) electrons. The Morgan fingerprint density at radius 3 is 3.05 bits per heavy atom. The third-order valence-corrected chi connectivity index (χ3v) is 3.44. The topological polar surface area (TPSA) is 75.6 Å². The van der Waals surface area contributed by atoms with Crippen LogP contribution in [0.3, 0.4) is 0 Å². The number of H-pyrrole nitrogens is 1. The molecule has 1 atom stereocenters. The zero-order valence-electron chi connectivity index (χ0n) is 10.9. The van der Waals surface area contributed by atoms with Crippen molar-refractivity contribution < 1.29 is 0 Å². The number of nitrogens with one attached hydrogen (secondary N) is 2. The minimum absolute atomic E-state index is 0.104. The molecular weight excluding hydrogens is 242 g/mol. The summed E-state index contributed by atoms with van der Waals surface area (Å²) in [6.07, 6.45) is 3.86. The van der Waals surface area contributed by atoms with Crippen molar-refractivity contribution in [3.8, 4) is 11.4 Å². The van der Waals surface area contributed by atoms with Crippen molar-refractivity contribution in [3.05, 3.63) is 34.5 Å². The number of fused-ring (bicyclic) bond motifs is 1. The lowest BCUT2D eigenvalue weighted by atomic mass is 10.1. The molecule has 19 heavy (non-hydrogen) atoms. The van der Waals surface area contributed by atoms with Gasteiger partial charge in [0.25, 0.3) is 0 Å². The van der Waals surface area contributed by atoms with Gasteiger partial charge in [-0.15, -0.1) is 10.2 Å². The standard InChI is InChI=1S/C13H17N5O/c1-2-3-10-13-17-16-12(18(13)7-6-14-10)9-4-5-11(19)15-8-9/h4-5,8,10,14H,2-3,6-7H2,1H3,(H,15,19). The Bertz CT molecular complexity index is 610. The summed E-state index contributed by atoms with van der Waals surface area (Å²) >= 11 is 0. The van der Waals surface area contributed by atoms with Crippen LogP contribution in [-0.2, 0) is 6.54 Å². The van der Waals surface area contributed by atoms with E-state index >= 15 is 0 Å². The van der Waals surface area contributed by atoms with Gasteiger partial charge in [0.2, 0.25) is 5.56 Å². The van der Waals surface area contributed by atoms with Crippen LogP contribution in [0, 0.1) is 0 Å². The lowest BCUT2D eigenvalue weighted by Crippen LogP contribution is -2.33. The summed E-state index contributed by atoms with van der Waals surface area (Å²) in [6, 6.07) is 3.58. The molecule has 0 fully saturated rings. The lowest BCUT2D eigenvalue weighted by molar-refractivity contribution is 0.394. The molecule has 2 N–H and O–H groups in total. The second kappa shape index (κ2) is 4.97. The number of rotatable bonds is 3. The largest absolute Gasteiger partial charge is 0.328 e. The molecular formula is C13H17N5O. The molecule has 1 aliphatic heterocycles. The number of hydrogen-bond donors (Lipinski definition) is 2. The third kappa shape index (κ3) is 2.19.